The van der Waals surface area contributed by atoms with Crippen LogP contribution in [0.5, 0.6) is 0 Å². The number of carboxylic acid groups (broad SMARTS) is 2. The van der Waals surface area contributed by atoms with Crippen LogP contribution in [-0.2, 0) is 32.0 Å². The average molecular weight is 828 g/mol. The minimum Gasteiger partial charge on any atom is -0.550 e. The zero-order valence-electron chi connectivity index (χ0n) is 29.0. The van der Waals surface area contributed by atoms with Gasteiger partial charge in [-0.1, -0.05) is 194 Å². The Morgan fingerprint density at radius 1 is 0.349 bits per heavy atom. The van der Waals surface area contributed by atoms with Gasteiger partial charge in [0.05, 0.1) is 0 Å². The molecule has 43 heavy (non-hydrogen) atoms. The van der Waals surface area contributed by atoms with Crippen LogP contribution in [0.25, 0.3) is 0 Å². The Bertz CT molecular complexity index is 468. The summed E-state index contributed by atoms with van der Waals surface area (Å²) in [6, 6.07) is 0. The van der Waals surface area contributed by atoms with Crippen molar-refractivity contribution in [2.24, 2.45) is 0 Å². The third-order valence-corrected chi connectivity index (χ3v) is 7.97. The van der Waals surface area contributed by atoms with Crippen LogP contribution in [0, 0.1) is 0 Å². The molecule has 0 amide bonds. The number of hydrogen-bond donors (Lipinski definition) is 0. The number of carbonyl (C=O) groups excluding carboxylic acids is 2. The fourth-order valence-corrected chi connectivity index (χ4v) is 5.28. The van der Waals surface area contributed by atoms with Crippen LogP contribution >= 0.6 is 0 Å². The molecule has 0 spiro atoms. The molecule has 0 saturated carbocycles. The zero-order chi connectivity index (χ0) is 29.8. The molecule has 0 N–H and O–H groups in total. The molecule has 0 rings (SSSR count). The first-order valence-corrected chi connectivity index (χ1v) is 17.9. The summed E-state index contributed by atoms with van der Waals surface area (Å²) in [5, 5.41) is 20.4. The predicted molar refractivity (Wildman–Crippen MR) is 181 cm³/mol. The second kappa shape index (κ2) is 50.6. The second-order valence-corrected chi connectivity index (χ2v) is 12.1. The molecule has 0 unspecified atom stereocenters. The van der Waals surface area contributed by atoms with Crippen molar-refractivity contribution in [3.8, 4) is 0 Å². The Morgan fingerprint density at radius 3 is 0.628 bits per heavy atom. The molecule has 0 saturated heterocycles. The van der Waals surface area contributed by atoms with Crippen molar-refractivity contribution >= 4 is 72.7 Å². The predicted octanol–water partition coefficient (Wildman–Crippen LogP) is 9.23. The molecule has 0 heterocycles. The topological polar surface area (TPSA) is 80.3 Å². The van der Waals surface area contributed by atoms with Crippen LogP contribution in [0.4, 0.5) is 0 Å². The van der Waals surface area contributed by atoms with Crippen LogP contribution in [0.3, 0.4) is 0 Å². The van der Waals surface area contributed by atoms with Crippen molar-refractivity contribution in [3.05, 3.63) is 0 Å². The maximum atomic E-state index is 10.2. The van der Waals surface area contributed by atoms with Crippen LogP contribution in [0.2, 0.25) is 0 Å². The van der Waals surface area contributed by atoms with Crippen molar-refractivity contribution in [1.29, 1.82) is 0 Å². The Kier molecular flexibility index (Phi) is 63.7. The third kappa shape index (κ3) is 59.6. The molecule has 0 fully saturated rings. The van der Waals surface area contributed by atoms with Gasteiger partial charge in [0.2, 0.25) is 0 Å². The summed E-state index contributed by atoms with van der Waals surface area (Å²) >= 11 is 0. The van der Waals surface area contributed by atoms with E-state index in [2.05, 4.69) is 13.8 Å². The van der Waals surface area contributed by atoms with E-state index in [1.807, 2.05) is 0 Å². The molecule has 4 nitrogen and oxygen atoms in total. The Balaban J connectivity index is -0.000000209. The van der Waals surface area contributed by atoms with Crippen LogP contribution in [-0.4, -0.2) is 72.7 Å². The number of carbonyl (C=O) groups is 2. The normalized spacial score (nSPS) is 10.1. The average Bonchev–Trinajstić information content (AvgIpc) is 2.93. The molecule has 248 valence electrons. The number of unbranched alkanes of at least 4 members (excludes halogenated alkanes) is 28. The third-order valence-electron chi connectivity index (χ3n) is 7.97. The second-order valence-electron chi connectivity index (χ2n) is 12.1. The van der Waals surface area contributed by atoms with Gasteiger partial charge in [-0.2, -0.15) is 0 Å². The summed E-state index contributed by atoms with van der Waals surface area (Å²) in [6.45, 7) is 4.53. The van der Waals surface area contributed by atoms with Crippen molar-refractivity contribution in [1.82, 2.24) is 0 Å². The SMILES string of the molecule is CCCCCCCCCCCCCCCCCC(=O)[O-].CCCCCCCCCCCCCCCCCC(=O)[O-].[Au+3].[Ca+2].[Mg+2]. The minimum absolute atomic E-state index is 0. The van der Waals surface area contributed by atoms with E-state index in [1.54, 1.807) is 0 Å². The Hall–Kier alpha value is 1.71. The van der Waals surface area contributed by atoms with E-state index in [0.29, 0.717) is 0 Å². The van der Waals surface area contributed by atoms with Gasteiger partial charge in [-0.05, 0) is 25.7 Å². The Morgan fingerprint density at radius 2 is 0.488 bits per heavy atom. The van der Waals surface area contributed by atoms with Gasteiger partial charge < -0.3 is 19.8 Å². The maximum absolute atomic E-state index is 10.2. The molecule has 0 aromatic heterocycles. The summed E-state index contributed by atoms with van der Waals surface area (Å²) in [4.78, 5) is 20.4. The monoisotopic (exact) mass is 827 g/mol. The van der Waals surface area contributed by atoms with Crippen molar-refractivity contribution in [3.63, 3.8) is 0 Å². The molecular formula is C36H70AuCaMgO4+5. The molecule has 0 atom stereocenters. The number of rotatable bonds is 32. The molecule has 0 radical (unpaired) electrons. The van der Waals surface area contributed by atoms with Crippen molar-refractivity contribution < 1.29 is 42.2 Å². The molecule has 0 bridgehead atoms. The summed E-state index contributed by atoms with van der Waals surface area (Å²) in [5.74, 6) is -1.81. The standard InChI is InChI=1S/2C18H36O2.Au.Ca.Mg/c2*1-2-3-4-5-6-7-8-9-10-11-12-13-14-15-16-17-18(19)20;;;/h2*2-17H2,1H3,(H,19,20);;;/q;;+3;2*+2/p-2. The van der Waals surface area contributed by atoms with E-state index in [4.69, 9.17) is 0 Å². The molecule has 7 heteroatoms. The van der Waals surface area contributed by atoms with Crippen LogP contribution in [0.1, 0.15) is 219 Å². The summed E-state index contributed by atoms with van der Waals surface area (Å²) in [5.41, 5.74) is 0. The van der Waals surface area contributed by atoms with E-state index < -0.39 is 11.9 Å². The van der Waals surface area contributed by atoms with E-state index >= 15 is 0 Å². The zero-order valence-corrected chi connectivity index (χ0v) is 34.8. The molecule has 0 aromatic rings. The smallest absolute Gasteiger partial charge is 0.550 e. The van der Waals surface area contributed by atoms with Crippen molar-refractivity contribution in [2.75, 3.05) is 0 Å². The van der Waals surface area contributed by atoms with Crippen LogP contribution < -0.4 is 10.2 Å². The molecule has 0 aromatic carbocycles. The van der Waals surface area contributed by atoms with Gasteiger partial charge >= 0.3 is 83.2 Å². The van der Waals surface area contributed by atoms with E-state index in [-0.39, 0.29) is 96.0 Å². The number of carboxylic acids is 2. The van der Waals surface area contributed by atoms with Crippen LogP contribution in [0.15, 0.2) is 0 Å². The number of aliphatic carboxylic acids is 2. The largest absolute Gasteiger partial charge is 3.00 e. The fraction of sp³-hybridized carbons (Fsp3) is 0.944. The Labute approximate surface area is 330 Å². The van der Waals surface area contributed by atoms with Gasteiger partial charge in [0.25, 0.3) is 0 Å². The van der Waals surface area contributed by atoms with Gasteiger partial charge in [-0.25, -0.2) is 0 Å². The summed E-state index contributed by atoms with van der Waals surface area (Å²) < 4.78 is 0. The maximum Gasteiger partial charge on any atom is 3.00 e. The van der Waals surface area contributed by atoms with E-state index in [0.717, 1.165) is 25.7 Å². The van der Waals surface area contributed by atoms with Gasteiger partial charge in [-0.15, -0.1) is 0 Å². The fourth-order valence-electron chi connectivity index (χ4n) is 5.28. The van der Waals surface area contributed by atoms with Crippen molar-refractivity contribution in [2.45, 2.75) is 219 Å². The summed E-state index contributed by atoms with van der Waals surface area (Å²) in [7, 11) is 0. The molecule has 0 aliphatic heterocycles. The minimum atomic E-state index is -0.903. The van der Waals surface area contributed by atoms with Gasteiger partial charge in [-0.3, -0.25) is 0 Å². The van der Waals surface area contributed by atoms with E-state index in [9.17, 15) is 19.8 Å². The van der Waals surface area contributed by atoms with Gasteiger partial charge in [0.1, 0.15) is 0 Å². The van der Waals surface area contributed by atoms with Gasteiger partial charge in [0, 0.05) is 11.9 Å². The quantitative estimate of drug-likeness (QED) is 0.0501. The first-order chi connectivity index (χ1) is 19.5. The number of hydrogen-bond acceptors (Lipinski definition) is 4. The van der Waals surface area contributed by atoms with Gasteiger partial charge in [0.15, 0.2) is 0 Å². The summed E-state index contributed by atoms with van der Waals surface area (Å²) in [6.07, 6.45) is 39.7. The first kappa shape index (κ1) is 54.2. The van der Waals surface area contributed by atoms with E-state index in [1.165, 1.54) is 167 Å². The molecular weight excluding hydrogens is 758 g/mol. The first-order valence-electron chi connectivity index (χ1n) is 17.9. The molecule has 0 aliphatic rings. The molecule has 0 aliphatic carbocycles.